The van der Waals surface area contributed by atoms with Gasteiger partial charge in [0.15, 0.2) is 0 Å². The van der Waals surface area contributed by atoms with Gasteiger partial charge in [0.1, 0.15) is 0 Å². The van der Waals surface area contributed by atoms with Crippen LogP contribution in [0.5, 0.6) is 0 Å². The number of unbranched alkanes of at least 4 members (excludes halogenated alkanes) is 5. The van der Waals surface area contributed by atoms with Gasteiger partial charge >= 0.3 is 0 Å². The Labute approximate surface area is 105 Å². The lowest BCUT2D eigenvalue weighted by atomic mass is 10.0. The van der Waals surface area contributed by atoms with Crippen molar-refractivity contribution in [2.24, 2.45) is 0 Å². The molecule has 0 saturated heterocycles. The number of benzene rings is 1. The zero-order chi connectivity index (χ0) is 12.5. The summed E-state index contributed by atoms with van der Waals surface area (Å²) in [6.07, 6.45) is 7.92. The van der Waals surface area contributed by atoms with E-state index < -0.39 is 6.10 Å². The third kappa shape index (κ3) is 5.22. The summed E-state index contributed by atoms with van der Waals surface area (Å²) >= 11 is 0. The summed E-state index contributed by atoms with van der Waals surface area (Å²) in [6, 6.07) is 7.59. The summed E-state index contributed by atoms with van der Waals surface area (Å²) in [5.74, 6) is 0. The third-order valence-corrected chi connectivity index (χ3v) is 3.19. The number of hydrogen-bond acceptors (Lipinski definition) is 2. The summed E-state index contributed by atoms with van der Waals surface area (Å²) in [4.78, 5) is 0. The van der Waals surface area contributed by atoms with E-state index in [9.17, 15) is 5.11 Å². The van der Waals surface area contributed by atoms with Crippen molar-refractivity contribution in [3.8, 4) is 0 Å². The Morgan fingerprint density at radius 2 is 1.71 bits per heavy atom. The van der Waals surface area contributed by atoms with Crippen molar-refractivity contribution in [3.05, 3.63) is 29.8 Å². The molecule has 3 N–H and O–H groups in total. The van der Waals surface area contributed by atoms with Crippen LogP contribution in [0.4, 0.5) is 5.69 Å². The largest absolute Gasteiger partial charge is 0.398 e. The molecule has 2 nitrogen and oxygen atoms in total. The first-order valence-corrected chi connectivity index (χ1v) is 6.78. The molecule has 17 heavy (non-hydrogen) atoms. The van der Waals surface area contributed by atoms with E-state index in [0.717, 1.165) is 18.4 Å². The molecular formula is C15H25NO. The average molecular weight is 235 g/mol. The quantitative estimate of drug-likeness (QED) is 0.527. The average Bonchev–Trinajstić information content (AvgIpc) is 2.34. The smallest absolute Gasteiger partial charge is 0.0809 e. The van der Waals surface area contributed by atoms with Crippen molar-refractivity contribution in [1.82, 2.24) is 0 Å². The molecule has 0 radical (unpaired) electrons. The van der Waals surface area contributed by atoms with Gasteiger partial charge in [0.2, 0.25) is 0 Å². The number of para-hydroxylation sites is 1. The maximum Gasteiger partial charge on any atom is 0.0809 e. The summed E-state index contributed by atoms with van der Waals surface area (Å²) < 4.78 is 0. The second-order valence-corrected chi connectivity index (χ2v) is 4.70. The predicted octanol–water partition coefficient (Wildman–Crippen LogP) is 4.05. The minimum absolute atomic E-state index is 0.401. The van der Waals surface area contributed by atoms with Crippen LogP contribution in [0, 0.1) is 0 Å². The first-order valence-electron chi connectivity index (χ1n) is 6.78. The number of rotatable bonds is 8. The van der Waals surface area contributed by atoms with Gasteiger partial charge in [-0.15, -0.1) is 0 Å². The normalized spacial score (nSPS) is 12.6. The maximum absolute atomic E-state index is 10.0. The molecule has 0 fully saturated rings. The number of hydrogen-bond donors (Lipinski definition) is 2. The summed E-state index contributed by atoms with van der Waals surface area (Å²) in [6.45, 7) is 2.22. The van der Waals surface area contributed by atoms with Gasteiger partial charge in [-0.05, 0) is 12.5 Å². The van der Waals surface area contributed by atoms with E-state index in [1.54, 1.807) is 0 Å². The van der Waals surface area contributed by atoms with Crippen LogP contribution in [-0.4, -0.2) is 5.11 Å². The van der Waals surface area contributed by atoms with E-state index in [4.69, 9.17) is 5.73 Å². The highest BCUT2D eigenvalue weighted by Gasteiger charge is 2.09. The van der Waals surface area contributed by atoms with Gasteiger partial charge in [0, 0.05) is 11.3 Å². The Bertz CT molecular complexity index is 312. The zero-order valence-corrected chi connectivity index (χ0v) is 10.9. The molecule has 0 aromatic heterocycles. The summed E-state index contributed by atoms with van der Waals surface area (Å²) in [5, 5.41) is 10.0. The number of aliphatic hydroxyl groups is 1. The molecule has 0 bridgehead atoms. The Hall–Kier alpha value is -1.02. The molecule has 1 aromatic carbocycles. The lowest BCUT2D eigenvalue weighted by Crippen LogP contribution is -2.01. The molecule has 0 saturated carbocycles. The van der Waals surface area contributed by atoms with Crippen molar-refractivity contribution in [2.75, 3.05) is 5.73 Å². The number of anilines is 1. The molecule has 0 aliphatic heterocycles. The second-order valence-electron chi connectivity index (χ2n) is 4.70. The molecule has 96 valence electrons. The monoisotopic (exact) mass is 235 g/mol. The highest BCUT2D eigenvalue weighted by Crippen LogP contribution is 2.24. The fourth-order valence-electron chi connectivity index (χ4n) is 2.09. The highest BCUT2D eigenvalue weighted by atomic mass is 16.3. The molecule has 0 spiro atoms. The lowest BCUT2D eigenvalue weighted by molar-refractivity contribution is 0.164. The van der Waals surface area contributed by atoms with Gasteiger partial charge in [-0.3, -0.25) is 0 Å². The van der Waals surface area contributed by atoms with Gasteiger partial charge < -0.3 is 10.8 Å². The van der Waals surface area contributed by atoms with Crippen molar-refractivity contribution in [2.45, 2.75) is 58.0 Å². The minimum atomic E-state index is -0.401. The van der Waals surface area contributed by atoms with Crippen LogP contribution in [0.3, 0.4) is 0 Å². The van der Waals surface area contributed by atoms with Crippen molar-refractivity contribution in [1.29, 1.82) is 0 Å². The molecule has 2 heteroatoms. The van der Waals surface area contributed by atoms with Gasteiger partial charge in [0.05, 0.1) is 6.10 Å². The lowest BCUT2D eigenvalue weighted by Gasteiger charge is -2.13. The number of nitrogens with two attached hydrogens (primary N) is 1. The van der Waals surface area contributed by atoms with E-state index in [-0.39, 0.29) is 0 Å². The molecule has 1 atom stereocenters. The fourth-order valence-corrected chi connectivity index (χ4v) is 2.09. The fraction of sp³-hybridized carbons (Fsp3) is 0.600. The Morgan fingerprint density at radius 3 is 2.41 bits per heavy atom. The third-order valence-electron chi connectivity index (χ3n) is 3.19. The van der Waals surface area contributed by atoms with E-state index >= 15 is 0 Å². The van der Waals surface area contributed by atoms with E-state index in [1.807, 2.05) is 24.3 Å². The highest BCUT2D eigenvalue weighted by molar-refractivity contribution is 5.47. The second kappa shape index (κ2) is 8.13. The summed E-state index contributed by atoms with van der Waals surface area (Å²) in [5.41, 5.74) is 7.41. The Balaban J connectivity index is 2.21. The van der Waals surface area contributed by atoms with Crippen molar-refractivity contribution in [3.63, 3.8) is 0 Å². The number of aliphatic hydroxyl groups excluding tert-OH is 1. The van der Waals surface area contributed by atoms with Gasteiger partial charge in [0.25, 0.3) is 0 Å². The Morgan fingerprint density at radius 1 is 1.06 bits per heavy atom. The van der Waals surface area contributed by atoms with Crippen molar-refractivity contribution < 1.29 is 5.11 Å². The molecule has 0 aliphatic rings. The predicted molar refractivity (Wildman–Crippen MR) is 73.8 cm³/mol. The molecular weight excluding hydrogens is 210 g/mol. The van der Waals surface area contributed by atoms with Crippen LogP contribution < -0.4 is 5.73 Å². The van der Waals surface area contributed by atoms with Crippen molar-refractivity contribution >= 4 is 5.69 Å². The SMILES string of the molecule is CCCCCCCCC(O)c1ccccc1N. The first-order chi connectivity index (χ1) is 8.25. The van der Waals surface area contributed by atoms with E-state index in [2.05, 4.69) is 6.92 Å². The van der Waals surface area contributed by atoms with Gasteiger partial charge in [-0.2, -0.15) is 0 Å². The van der Waals surface area contributed by atoms with Gasteiger partial charge in [-0.25, -0.2) is 0 Å². The van der Waals surface area contributed by atoms with Gasteiger partial charge in [-0.1, -0.05) is 63.6 Å². The van der Waals surface area contributed by atoms with Crippen LogP contribution in [0.2, 0.25) is 0 Å². The molecule has 1 rings (SSSR count). The molecule has 1 aromatic rings. The molecule has 0 heterocycles. The topological polar surface area (TPSA) is 46.2 Å². The van der Waals surface area contributed by atoms with E-state index in [0.29, 0.717) is 5.69 Å². The van der Waals surface area contributed by atoms with Crippen LogP contribution in [0.15, 0.2) is 24.3 Å². The minimum Gasteiger partial charge on any atom is -0.398 e. The number of nitrogen functional groups attached to an aromatic ring is 1. The molecule has 1 unspecified atom stereocenters. The van der Waals surface area contributed by atoms with Crippen LogP contribution in [0.1, 0.15) is 63.5 Å². The van der Waals surface area contributed by atoms with E-state index in [1.165, 1.54) is 32.1 Å². The summed E-state index contributed by atoms with van der Waals surface area (Å²) in [7, 11) is 0. The van der Waals surface area contributed by atoms with Crippen LogP contribution in [-0.2, 0) is 0 Å². The van der Waals surface area contributed by atoms with Crippen LogP contribution >= 0.6 is 0 Å². The van der Waals surface area contributed by atoms with Crippen LogP contribution in [0.25, 0.3) is 0 Å². The Kier molecular flexibility index (Phi) is 6.71. The zero-order valence-electron chi connectivity index (χ0n) is 10.9. The molecule has 0 amide bonds. The first kappa shape index (κ1) is 14.0. The maximum atomic E-state index is 10.0. The molecule has 0 aliphatic carbocycles. The standard InChI is InChI=1S/C15H25NO/c1-2-3-4-5-6-7-12-15(17)13-10-8-9-11-14(13)16/h8-11,15,17H,2-7,12,16H2,1H3.